The lowest BCUT2D eigenvalue weighted by atomic mass is 10.2. The highest BCUT2D eigenvalue weighted by atomic mass is 16.5. The van der Waals surface area contributed by atoms with Crippen LogP contribution in [0.5, 0.6) is 11.6 Å². The summed E-state index contributed by atoms with van der Waals surface area (Å²) in [5, 5.41) is 5.08. The van der Waals surface area contributed by atoms with Gasteiger partial charge in [-0.1, -0.05) is 12.1 Å². The van der Waals surface area contributed by atoms with Crippen LogP contribution in [-0.4, -0.2) is 42.1 Å². The van der Waals surface area contributed by atoms with Gasteiger partial charge in [-0.3, -0.25) is 0 Å². The molecule has 0 saturated heterocycles. The van der Waals surface area contributed by atoms with Crippen LogP contribution in [0.15, 0.2) is 36.5 Å². The van der Waals surface area contributed by atoms with Gasteiger partial charge in [-0.2, -0.15) is 0 Å². The van der Waals surface area contributed by atoms with Crippen LogP contribution in [0.3, 0.4) is 0 Å². The van der Waals surface area contributed by atoms with Gasteiger partial charge >= 0.3 is 5.97 Å². The van der Waals surface area contributed by atoms with Crippen LogP contribution in [-0.2, 0) is 11.3 Å². The Kier molecular flexibility index (Phi) is 4.33. The fourth-order valence-electron chi connectivity index (χ4n) is 2.43. The minimum atomic E-state index is -0.450. The lowest BCUT2D eigenvalue weighted by molar-refractivity contribution is 0.0600. The summed E-state index contributed by atoms with van der Waals surface area (Å²) < 4.78 is 16.9. The zero-order chi connectivity index (χ0) is 17.1. The van der Waals surface area contributed by atoms with E-state index in [1.165, 1.54) is 20.4 Å². The summed E-state index contributed by atoms with van der Waals surface area (Å²) in [5.74, 6) is 0.758. The predicted molar refractivity (Wildman–Crippen MR) is 87.5 cm³/mol. The molecule has 0 amide bonds. The van der Waals surface area contributed by atoms with Gasteiger partial charge in [-0.05, 0) is 23.8 Å². The smallest absolute Gasteiger partial charge is 0.339 e. The third-order valence-corrected chi connectivity index (χ3v) is 3.66. The molecule has 7 nitrogen and oxygen atoms in total. The summed E-state index contributed by atoms with van der Waals surface area (Å²) in [4.78, 5) is 16.0. The van der Waals surface area contributed by atoms with E-state index in [-0.39, 0.29) is 0 Å². The van der Waals surface area contributed by atoms with E-state index in [9.17, 15) is 4.79 Å². The summed E-state index contributed by atoms with van der Waals surface area (Å²) in [6, 6.07) is 9.37. The van der Waals surface area contributed by atoms with Gasteiger partial charge in [0, 0.05) is 6.20 Å². The summed E-state index contributed by atoms with van der Waals surface area (Å²) >= 11 is 0. The van der Waals surface area contributed by atoms with Crippen molar-refractivity contribution in [3.8, 4) is 11.6 Å². The maximum atomic E-state index is 11.7. The van der Waals surface area contributed by atoms with Gasteiger partial charge in [0.15, 0.2) is 5.65 Å². The number of rotatable bonds is 5. The lowest BCUT2D eigenvalue weighted by Crippen LogP contribution is -2.04. The number of carbonyl (C=O) groups is 1. The van der Waals surface area contributed by atoms with Crippen LogP contribution >= 0.6 is 0 Å². The molecule has 0 saturated carbocycles. The van der Waals surface area contributed by atoms with Crippen molar-refractivity contribution in [3.63, 3.8) is 0 Å². The Morgan fingerprint density at radius 3 is 2.50 bits per heavy atom. The van der Waals surface area contributed by atoms with Gasteiger partial charge < -0.3 is 14.2 Å². The molecule has 0 N–H and O–H groups in total. The number of aromatic nitrogens is 3. The van der Waals surface area contributed by atoms with Crippen LogP contribution in [0.25, 0.3) is 11.0 Å². The molecule has 0 bridgehead atoms. The molecule has 0 aliphatic carbocycles. The normalized spacial score (nSPS) is 10.6. The number of hydrogen-bond acceptors (Lipinski definition) is 6. The van der Waals surface area contributed by atoms with E-state index in [4.69, 9.17) is 14.2 Å². The van der Waals surface area contributed by atoms with Gasteiger partial charge in [-0.15, -0.1) is 5.10 Å². The van der Waals surface area contributed by atoms with Crippen molar-refractivity contribution in [2.24, 2.45) is 0 Å². The Hall–Kier alpha value is -3.09. The number of benzene rings is 1. The van der Waals surface area contributed by atoms with E-state index in [2.05, 4.69) is 10.1 Å². The minimum Gasteiger partial charge on any atom is -0.497 e. The van der Waals surface area contributed by atoms with Crippen LogP contribution < -0.4 is 9.47 Å². The maximum absolute atomic E-state index is 11.7. The van der Waals surface area contributed by atoms with Crippen molar-refractivity contribution in [1.82, 2.24) is 14.8 Å². The van der Waals surface area contributed by atoms with Gasteiger partial charge in [0.1, 0.15) is 5.75 Å². The van der Waals surface area contributed by atoms with Gasteiger partial charge in [0.05, 0.1) is 38.8 Å². The molecule has 0 atom stereocenters. The average Bonchev–Trinajstić information content (AvgIpc) is 2.98. The number of pyridine rings is 1. The van der Waals surface area contributed by atoms with Crippen molar-refractivity contribution in [2.75, 3.05) is 21.3 Å². The number of esters is 1. The highest BCUT2D eigenvalue weighted by Gasteiger charge is 2.16. The van der Waals surface area contributed by atoms with E-state index in [1.807, 2.05) is 24.3 Å². The largest absolute Gasteiger partial charge is 0.497 e. The Labute approximate surface area is 138 Å². The molecule has 0 aliphatic heterocycles. The minimum absolute atomic E-state index is 0.354. The van der Waals surface area contributed by atoms with E-state index in [1.54, 1.807) is 17.9 Å². The number of ether oxygens (including phenoxy) is 3. The molecule has 3 aromatic rings. The molecule has 7 heteroatoms. The van der Waals surface area contributed by atoms with E-state index in [0.29, 0.717) is 29.0 Å². The van der Waals surface area contributed by atoms with E-state index in [0.717, 1.165) is 11.3 Å². The quantitative estimate of drug-likeness (QED) is 0.669. The Balaban J connectivity index is 1.99. The van der Waals surface area contributed by atoms with Gasteiger partial charge in [0.2, 0.25) is 5.88 Å². The number of fused-ring (bicyclic) bond motifs is 1. The van der Waals surface area contributed by atoms with Crippen molar-refractivity contribution >= 4 is 17.0 Å². The molecular formula is C17H17N3O4. The molecule has 1 aromatic carbocycles. The first-order valence-corrected chi connectivity index (χ1v) is 7.28. The van der Waals surface area contributed by atoms with Crippen LogP contribution in [0, 0.1) is 0 Å². The predicted octanol–water partition coefficient (Wildman–Crippen LogP) is 2.28. The monoisotopic (exact) mass is 327 g/mol. The number of hydrogen-bond donors (Lipinski definition) is 0. The average molecular weight is 327 g/mol. The number of carbonyl (C=O) groups excluding carboxylic acids is 1. The Morgan fingerprint density at radius 2 is 1.88 bits per heavy atom. The lowest BCUT2D eigenvalue weighted by Gasteiger charge is -2.05. The fourth-order valence-corrected chi connectivity index (χ4v) is 2.43. The van der Waals surface area contributed by atoms with Crippen LogP contribution in [0.4, 0.5) is 0 Å². The third kappa shape index (κ3) is 2.88. The third-order valence-electron chi connectivity index (χ3n) is 3.66. The molecule has 124 valence electrons. The molecule has 0 spiro atoms. The second-order valence-corrected chi connectivity index (χ2v) is 5.10. The maximum Gasteiger partial charge on any atom is 0.339 e. The number of nitrogens with zero attached hydrogens (tertiary/aromatic N) is 3. The first-order chi connectivity index (χ1) is 11.7. The molecule has 24 heavy (non-hydrogen) atoms. The molecule has 2 aromatic heterocycles. The molecule has 0 aliphatic rings. The zero-order valence-corrected chi connectivity index (χ0v) is 13.6. The second kappa shape index (κ2) is 6.57. The molecule has 0 fully saturated rings. The van der Waals surface area contributed by atoms with Gasteiger partial charge in [0.25, 0.3) is 0 Å². The number of methoxy groups -OCH3 is 3. The highest BCUT2D eigenvalue weighted by molar-refractivity contribution is 5.94. The summed E-state index contributed by atoms with van der Waals surface area (Å²) in [6.07, 6.45) is 1.47. The molecule has 3 rings (SSSR count). The summed E-state index contributed by atoms with van der Waals surface area (Å²) in [6.45, 7) is 0.522. The summed E-state index contributed by atoms with van der Waals surface area (Å²) in [5.41, 5.74) is 2.03. The van der Waals surface area contributed by atoms with Crippen molar-refractivity contribution in [2.45, 2.75) is 6.54 Å². The second-order valence-electron chi connectivity index (χ2n) is 5.10. The Bertz CT molecular complexity index is 871. The molecule has 0 radical (unpaired) electrons. The first-order valence-electron chi connectivity index (χ1n) is 7.28. The summed E-state index contributed by atoms with van der Waals surface area (Å²) in [7, 11) is 4.49. The topological polar surface area (TPSA) is 75.5 Å². The fraction of sp³-hybridized carbons (Fsp3) is 0.235. The zero-order valence-electron chi connectivity index (χ0n) is 13.6. The van der Waals surface area contributed by atoms with Gasteiger partial charge in [-0.25, -0.2) is 14.5 Å². The molecular weight excluding hydrogens is 310 g/mol. The van der Waals surface area contributed by atoms with Crippen molar-refractivity contribution in [3.05, 3.63) is 47.7 Å². The SMILES string of the molecule is COC(=O)c1cnc2c(c1)c(OC)nn2Cc1ccc(OC)cc1. The standard InChI is InChI=1S/C17H17N3O4/c1-22-13-6-4-11(5-7-13)10-20-15-14(16(19-20)23-2)8-12(9-18-15)17(21)24-3/h4-9H,10H2,1-3H3. The first kappa shape index (κ1) is 15.8. The Morgan fingerprint density at radius 1 is 1.12 bits per heavy atom. The van der Waals surface area contributed by atoms with E-state index >= 15 is 0 Å². The van der Waals surface area contributed by atoms with E-state index < -0.39 is 5.97 Å². The van der Waals surface area contributed by atoms with Crippen molar-refractivity contribution in [1.29, 1.82) is 0 Å². The van der Waals surface area contributed by atoms with Crippen LogP contribution in [0.1, 0.15) is 15.9 Å². The molecule has 0 unspecified atom stereocenters. The highest BCUT2D eigenvalue weighted by Crippen LogP contribution is 2.25. The van der Waals surface area contributed by atoms with Crippen molar-refractivity contribution < 1.29 is 19.0 Å². The van der Waals surface area contributed by atoms with Crippen LogP contribution in [0.2, 0.25) is 0 Å². The molecule has 2 heterocycles.